The van der Waals surface area contributed by atoms with E-state index in [9.17, 15) is 5.11 Å². The third-order valence-corrected chi connectivity index (χ3v) is 4.37. The zero-order valence-electron chi connectivity index (χ0n) is 10.9. The third kappa shape index (κ3) is 1.47. The Labute approximate surface area is 113 Å². The minimum Gasteiger partial charge on any atom is -0.372 e. The van der Waals surface area contributed by atoms with Gasteiger partial charge in [-0.1, -0.05) is 67.4 Å². The maximum Gasteiger partial charge on any atom is 0.160 e. The van der Waals surface area contributed by atoms with Crippen LogP contribution in [-0.2, 0) is 17.4 Å². The third-order valence-electron chi connectivity index (χ3n) is 4.37. The summed E-state index contributed by atoms with van der Waals surface area (Å²) in [6, 6.07) is 17.9. The Kier molecular flexibility index (Phi) is 2.52. The van der Waals surface area contributed by atoms with Crippen LogP contribution in [0.15, 0.2) is 54.6 Å². The van der Waals surface area contributed by atoms with Gasteiger partial charge >= 0.3 is 0 Å². The van der Waals surface area contributed by atoms with Crippen molar-refractivity contribution in [2.75, 3.05) is 0 Å². The summed E-state index contributed by atoms with van der Waals surface area (Å²) < 4.78 is 0. The average molecular weight is 248 g/mol. The summed E-state index contributed by atoms with van der Waals surface area (Å²) in [5, 5.41) is 11.1. The molecule has 0 unspecified atom stereocenters. The van der Waals surface area contributed by atoms with Gasteiger partial charge in [0.2, 0.25) is 0 Å². The first-order valence-electron chi connectivity index (χ1n) is 6.46. The number of benzene rings is 2. The van der Waals surface area contributed by atoms with Crippen LogP contribution in [0.2, 0.25) is 0 Å². The van der Waals surface area contributed by atoms with E-state index in [0.29, 0.717) is 0 Å². The van der Waals surface area contributed by atoms with E-state index in [-0.39, 0.29) is 0 Å². The van der Waals surface area contributed by atoms with Crippen molar-refractivity contribution in [2.24, 2.45) is 0 Å². The number of hydrogen-bond donors (Lipinski definition) is 1. The Morgan fingerprint density at radius 3 is 2.37 bits per heavy atom. The largest absolute Gasteiger partial charge is 0.372 e. The molecule has 0 spiro atoms. The minimum atomic E-state index is -1.25. The van der Waals surface area contributed by atoms with Gasteiger partial charge in [0.15, 0.2) is 5.60 Å². The Morgan fingerprint density at radius 1 is 1.05 bits per heavy atom. The molecule has 0 aliphatic heterocycles. The molecule has 2 aromatic carbocycles. The van der Waals surface area contributed by atoms with Crippen molar-refractivity contribution in [1.29, 1.82) is 0 Å². The first kappa shape index (κ1) is 12.0. The Bertz CT molecular complexity index is 653. The molecule has 1 aliphatic carbocycles. The molecule has 1 nitrogen and oxygen atoms in total. The van der Waals surface area contributed by atoms with Crippen LogP contribution in [0.25, 0.3) is 0 Å². The van der Waals surface area contributed by atoms with Gasteiger partial charge in [0, 0.05) is 5.41 Å². The first-order valence-corrected chi connectivity index (χ1v) is 6.46. The molecule has 94 valence electrons. The summed E-state index contributed by atoms with van der Waals surface area (Å²) >= 11 is 0. The van der Waals surface area contributed by atoms with Crippen molar-refractivity contribution in [3.8, 4) is 12.3 Å². The van der Waals surface area contributed by atoms with Crippen molar-refractivity contribution in [1.82, 2.24) is 0 Å². The number of rotatable bonds is 1. The molecule has 1 heteroatoms. The minimum absolute atomic E-state index is 0.479. The molecule has 0 radical (unpaired) electrons. The second-order valence-electron chi connectivity index (χ2n) is 5.39. The van der Waals surface area contributed by atoms with Crippen molar-refractivity contribution < 1.29 is 5.11 Å². The first-order chi connectivity index (χ1) is 9.12. The molecule has 2 aromatic rings. The lowest BCUT2D eigenvalue weighted by atomic mass is 9.69. The van der Waals surface area contributed by atoms with E-state index in [1.54, 1.807) is 0 Å². The smallest absolute Gasteiger partial charge is 0.160 e. The van der Waals surface area contributed by atoms with Gasteiger partial charge in [-0.15, -0.1) is 6.42 Å². The van der Waals surface area contributed by atoms with Gasteiger partial charge in [-0.25, -0.2) is 0 Å². The lowest BCUT2D eigenvalue weighted by Gasteiger charge is -2.36. The fourth-order valence-electron chi connectivity index (χ4n) is 3.19. The highest BCUT2D eigenvalue weighted by atomic mass is 16.3. The van der Waals surface area contributed by atoms with Crippen LogP contribution in [0.4, 0.5) is 0 Å². The normalized spacial score (nSPS) is 28.7. The van der Waals surface area contributed by atoms with Gasteiger partial charge in [0.1, 0.15) is 0 Å². The monoisotopic (exact) mass is 248 g/mol. The molecular formula is C18H16O. The summed E-state index contributed by atoms with van der Waals surface area (Å²) in [6.45, 7) is 2.04. The predicted molar refractivity (Wildman–Crippen MR) is 76.7 cm³/mol. The molecule has 1 aliphatic rings. The molecular weight excluding hydrogens is 232 g/mol. The molecule has 0 saturated carbocycles. The van der Waals surface area contributed by atoms with Gasteiger partial charge in [0.25, 0.3) is 0 Å². The van der Waals surface area contributed by atoms with Crippen molar-refractivity contribution in [2.45, 2.75) is 24.4 Å². The molecule has 0 aromatic heterocycles. The van der Waals surface area contributed by atoms with Crippen LogP contribution in [0.3, 0.4) is 0 Å². The summed E-state index contributed by atoms with van der Waals surface area (Å²) in [4.78, 5) is 0. The Balaban J connectivity index is 2.24. The van der Waals surface area contributed by atoms with Crippen LogP contribution in [0.5, 0.6) is 0 Å². The van der Waals surface area contributed by atoms with Crippen molar-refractivity contribution in [3.63, 3.8) is 0 Å². The zero-order chi connectivity index (χ0) is 13.5. The van der Waals surface area contributed by atoms with Crippen molar-refractivity contribution >= 4 is 0 Å². The number of hydrogen-bond acceptors (Lipinski definition) is 1. The van der Waals surface area contributed by atoms with Gasteiger partial charge in [-0.2, -0.15) is 0 Å². The highest BCUT2D eigenvalue weighted by molar-refractivity contribution is 5.52. The molecule has 0 bridgehead atoms. The van der Waals surface area contributed by atoms with E-state index in [1.165, 1.54) is 0 Å². The fraction of sp³-hybridized carbons (Fsp3) is 0.222. The number of aliphatic hydroxyl groups is 1. The molecule has 2 atom stereocenters. The summed E-state index contributed by atoms with van der Waals surface area (Å²) in [6.07, 6.45) is 6.45. The van der Waals surface area contributed by atoms with Gasteiger partial charge in [-0.05, 0) is 23.1 Å². The SMILES string of the molecule is C#C[C@@]1(O)c2ccccc2C[C@@]1(C)c1ccccc1. The highest BCUT2D eigenvalue weighted by Crippen LogP contribution is 2.51. The molecule has 3 rings (SSSR count). The number of terminal acetylenes is 1. The molecule has 0 amide bonds. The molecule has 1 N–H and O–H groups in total. The van der Waals surface area contributed by atoms with Gasteiger partial charge in [0.05, 0.1) is 0 Å². The second kappa shape index (κ2) is 3.98. The lowest BCUT2D eigenvalue weighted by molar-refractivity contribution is 0.0319. The lowest BCUT2D eigenvalue weighted by Crippen LogP contribution is -2.43. The van der Waals surface area contributed by atoms with E-state index in [2.05, 4.69) is 5.92 Å². The summed E-state index contributed by atoms with van der Waals surface area (Å²) in [5.41, 5.74) is 1.35. The van der Waals surface area contributed by atoms with Crippen LogP contribution in [0.1, 0.15) is 23.6 Å². The maximum absolute atomic E-state index is 11.1. The number of fused-ring (bicyclic) bond motifs is 1. The molecule has 19 heavy (non-hydrogen) atoms. The molecule has 0 fully saturated rings. The van der Waals surface area contributed by atoms with Crippen LogP contribution >= 0.6 is 0 Å². The summed E-state index contributed by atoms with van der Waals surface area (Å²) in [7, 11) is 0. The standard InChI is InChI=1S/C18H16O/c1-3-18(19)16-12-8-7-9-14(16)13-17(18,2)15-10-5-4-6-11-15/h1,4-12,19H,13H2,2H3/t17-,18+/m0/s1. The highest BCUT2D eigenvalue weighted by Gasteiger charge is 2.54. The molecule has 0 saturated heterocycles. The van der Waals surface area contributed by atoms with Crippen LogP contribution in [0, 0.1) is 12.3 Å². The van der Waals surface area contributed by atoms with Crippen molar-refractivity contribution in [3.05, 3.63) is 71.3 Å². The van der Waals surface area contributed by atoms with Crippen LogP contribution in [-0.4, -0.2) is 5.11 Å². The zero-order valence-corrected chi connectivity index (χ0v) is 10.9. The second-order valence-corrected chi connectivity index (χ2v) is 5.39. The Morgan fingerprint density at radius 2 is 1.68 bits per heavy atom. The Hall–Kier alpha value is -2.04. The van der Waals surface area contributed by atoms with E-state index in [4.69, 9.17) is 6.42 Å². The quantitative estimate of drug-likeness (QED) is 0.769. The topological polar surface area (TPSA) is 20.2 Å². The van der Waals surface area contributed by atoms with E-state index < -0.39 is 11.0 Å². The van der Waals surface area contributed by atoms with E-state index in [0.717, 1.165) is 23.1 Å². The predicted octanol–water partition coefficient (Wildman–Crippen LogP) is 3.02. The summed E-state index contributed by atoms with van der Waals surface area (Å²) in [5.74, 6) is 2.64. The average Bonchev–Trinajstić information content (AvgIpc) is 2.70. The molecule has 0 heterocycles. The maximum atomic E-state index is 11.1. The fourth-order valence-corrected chi connectivity index (χ4v) is 3.19. The van der Waals surface area contributed by atoms with Gasteiger partial charge < -0.3 is 5.11 Å². The van der Waals surface area contributed by atoms with E-state index in [1.807, 2.05) is 61.5 Å². The van der Waals surface area contributed by atoms with E-state index >= 15 is 0 Å². The van der Waals surface area contributed by atoms with Crippen LogP contribution < -0.4 is 0 Å². The van der Waals surface area contributed by atoms with Gasteiger partial charge in [-0.3, -0.25) is 0 Å².